The fraction of sp³-hybridized carbons (Fsp3) is 0.333. The van der Waals surface area contributed by atoms with E-state index in [9.17, 15) is 4.79 Å². The molecule has 144 valence electrons. The summed E-state index contributed by atoms with van der Waals surface area (Å²) in [5, 5.41) is 10.00. The van der Waals surface area contributed by atoms with Gasteiger partial charge < -0.3 is 14.9 Å². The predicted octanol–water partition coefficient (Wildman–Crippen LogP) is 2.85. The van der Waals surface area contributed by atoms with E-state index in [1.165, 1.54) is 0 Å². The Labute approximate surface area is 165 Å². The first-order valence-electron chi connectivity index (χ1n) is 9.93. The van der Waals surface area contributed by atoms with Crippen LogP contribution in [-0.4, -0.2) is 36.6 Å². The third kappa shape index (κ3) is 2.34. The minimum Gasteiger partial charge on any atom is -0.350 e. The van der Waals surface area contributed by atoms with Crippen LogP contribution in [0.3, 0.4) is 0 Å². The molecule has 0 radical (unpaired) electrons. The number of piperidine rings is 1. The Hall–Kier alpha value is -3.60. The third-order valence-corrected chi connectivity index (χ3v) is 6.47. The highest BCUT2D eigenvalue weighted by Crippen LogP contribution is 2.43. The fourth-order valence-electron chi connectivity index (χ4n) is 5.31. The second kappa shape index (κ2) is 5.95. The number of aromatic nitrogens is 5. The molecule has 29 heavy (non-hydrogen) atoms. The minimum absolute atomic E-state index is 0.0650. The highest BCUT2D eigenvalue weighted by atomic mass is 16.1. The number of hydrogen-bond acceptors (Lipinski definition) is 5. The summed E-state index contributed by atoms with van der Waals surface area (Å²) in [6, 6.07) is 8.72. The lowest BCUT2D eigenvalue weighted by Crippen LogP contribution is -2.45. The van der Waals surface area contributed by atoms with E-state index in [0.29, 0.717) is 17.6 Å². The molecule has 2 aliphatic rings. The number of anilines is 1. The van der Waals surface area contributed by atoms with Crippen LogP contribution >= 0.6 is 0 Å². The van der Waals surface area contributed by atoms with Gasteiger partial charge in [-0.2, -0.15) is 5.26 Å². The van der Waals surface area contributed by atoms with Gasteiger partial charge in [-0.15, -0.1) is 0 Å². The van der Waals surface area contributed by atoms with Gasteiger partial charge in [-0.1, -0.05) is 0 Å². The van der Waals surface area contributed by atoms with Gasteiger partial charge in [-0.3, -0.25) is 4.57 Å². The Morgan fingerprint density at radius 3 is 2.62 bits per heavy atom. The standard InChI is InChI=1S/C21H19N7O/c22-9-12-1-4-18(24-10-12)27-13-2-3-14(27)8-15(7-13)28-19-16-5-6-23-20(16)25-11-17(19)26-21(28)29/h1,4-6,10-11,13-15H,2-3,7-8H2,(H,23,25)(H,26,29)/t13-,14+,15-. The molecule has 2 saturated heterocycles. The highest BCUT2D eigenvalue weighted by Gasteiger charge is 2.42. The van der Waals surface area contributed by atoms with Gasteiger partial charge in [-0.25, -0.2) is 14.8 Å². The summed E-state index contributed by atoms with van der Waals surface area (Å²) in [5.41, 5.74) is 3.03. The number of nitriles is 1. The van der Waals surface area contributed by atoms with Crippen LogP contribution in [0.4, 0.5) is 5.82 Å². The van der Waals surface area contributed by atoms with Crippen LogP contribution in [0.2, 0.25) is 0 Å². The molecule has 8 nitrogen and oxygen atoms in total. The van der Waals surface area contributed by atoms with Crippen LogP contribution in [0.25, 0.3) is 22.1 Å². The van der Waals surface area contributed by atoms with Crippen molar-refractivity contribution < 1.29 is 0 Å². The first kappa shape index (κ1) is 16.4. The Kier molecular flexibility index (Phi) is 3.36. The average molecular weight is 385 g/mol. The number of imidazole rings is 1. The van der Waals surface area contributed by atoms with Crippen LogP contribution in [0, 0.1) is 11.3 Å². The molecule has 2 N–H and O–H groups in total. The van der Waals surface area contributed by atoms with Crippen molar-refractivity contribution in [3.8, 4) is 6.07 Å². The van der Waals surface area contributed by atoms with E-state index in [1.807, 2.05) is 29.0 Å². The smallest absolute Gasteiger partial charge is 0.326 e. The molecule has 0 spiro atoms. The zero-order valence-electron chi connectivity index (χ0n) is 15.7. The molecule has 8 heteroatoms. The van der Waals surface area contributed by atoms with E-state index < -0.39 is 0 Å². The number of hydrogen-bond donors (Lipinski definition) is 2. The van der Waals surface area contributed by atoms with Gasteiger partial charge in [0.1, 0.15) is 17.5 Å². The van der Waals surface area contributed by atoms with Crippen LogP contribution in [0.5, 0.6) is 0 Å². The number of pyridine rings is 2. The number of aromatic amines is 2. The lowest BCUT2D eigenvalue weighted by Gasteiger charge is -2.40. The van der Waals surface area contributed by atoms with E-state index in [1.54, 1.807) is 12.4 Å². The molecular formula is C21H19N7O. The van der Waals surface area contributed by atoms with E-state index in [0.717, 1.165) is 53.6 Å². The van der Waals surface area contributed by atoms with E-state index in [4.69, 9.17) is 5.26 Å². The molecule has 0 unspecified atom stereocenters. The fourth-order valence-corrected chi connectivity index (χ4v) is 5.31. The predicted molar refractivity (Wildman–Crippen MR) is 109 cm³/mol. The lowest BCUT2D eigenvalue weighted by molar-refractivity contribution is 0.335. The first-order chi connectivity index (χ1) is 14.2. The maximum absolute atomic E-state index is 12.9. The van der Waals surface area contributed by atoms with Gasteiger partial charge in [0.05, 0.1) is 22.8 Å². The van der Waals surface area contributed by atoms with Gasteiger partial charge in [0.2, 0.25) is 0 Å². The maximum atomic E-state index is 12.9. The first-order valence-corrected chi connectivity index (χ1v) is 9.93. The summed E-state index contributed by atoms with van der Waals surface area (Å²) in [4.78, 5) is 30.3. The molecule has 6 heterocycles. The van der Waals surface area contributed by atoms with Crippen molar-refractivity contribution >= 4 is 27.9 Å². The molecule has 4 aromatic heterocycles. The third-order valence-electron chi connectivity index (χ3n) is 6.47. The highest BCUT2D eigenvalue weighted by molar-refractivity contribution is 6.00. The molecule has 0 amide bonds. The van der Waals surface area contributed by atoms with Crippen LogP contribution in [-0.2, 0) is 0 Å². The van der Waals surface area contributed by atoms with Crippen molar-refractivity contribution in [2.75, 3.05) is 4.90 Å². The van der Waals surface area contributed by atoms with Crippen LogP contribution < -0.4 is 10.6 Å². The van der Waals surface area contributed by atoms with Gasteiger partial charge in [0.25, 0.3) is 0 Å². The van der Waals surface area contributed by atoms with Gasteiger partial charge in [0, 0.05) is 35.9 Å². The van der Waals surface area contributed by atoms with Crippen molar-refractivity contribution in [3.05, 3.63) is 52.8 Å². The van der Waals surface area contributed by atoms with Crippen molar-refractivity contribution in [2.24, 2.45) is 0 Å². The zero-order chi connectivity index (χ0) is 19.5. The SMILES string of the molecule is N#Cc1ccc(N2[C@@H]3CC[C@H]2C[C@H](n2c(=O)[nH]c4cnc5[nH]ccc5c42)C3)nc1. The lowest BCUT2D eigenvalue weighted by atomic mass is 9.96. The Morgan fingerprint density at radius 1 is 1.07 bits per heavy atom. The number of nitrogens with zero attached hydrogens (tertiary/aromatic N) is 5. The summed E-state index contributed by atoms with van der Waals surface area (Å²) in [6.07, 6.45) is 9.24. The summed E-state index contributed by atoms with van der Waals surface area (Å²) in [7, 11) is 0. The molecule has 6 rings (SSSR count). The molecule has 3 atom stereocenters. The monoisotopic (exact) mass is 385 g/mol. The topological polar surface area (TPSA) is 106 Å². The molecule has 4 aromatic rings. The number of fused-ring (bicyclic) bond motifs is 5. The molecule has 0 saturated carbocycles. The minimum atomic E-state index is -0.0650. The van der Waals surface area contributed by atoms with Crippen molar-refractivity contribution in [1.29, 1.82) is 5.26 Å². The number of H-pyrrole nitrogens is 2. The quantitative estimate of drug-likeness (QED) is 0.552. The summed E-state index contributed by atoms with van der Waals surface area (Å²) < 4.78 is 1.95. The maximum Gasteiger partial charge on any atom is 0.326 e. The number of nitrogens with one attached hydrogen (secondary N) is 2. The Balaban J connectivity index is 1.40. The zero-order valence-corrected chi connectivity index (χ0v) is 15.7. The average Bonchev–Trinajstić information content (AvgIpc) is 3.41. The van der Waals surface area contributed by atoms with Gasteiger partial charge >= 0.3 is 5.69 Å². The van der Waals surface area contributed by atoms with Gasteiger partial charge in [0.15, 0.2) is 0 Å². The van der Waals surface area contributed by atoms with E-state index in [2.05, 4.69) is 30.9 Å². The van der Waals surface area contributed by atoms with Crippen LogP contribution in [0.1, 0.15) is 37.3 Å². The Bertz CT molecular complexity index is 1310. The van der Waals surface area contributed by atoms with E-state index >= 15 is 0 Å². The van der Waals surface area contributed by atoms with E-state index in [-0.39, 0.29) is 11.7 Å². The largest absolute Gasteiger partial charge is 0.350 e. The summed E-state index contributed by atoms with van der Waals surface area (Å²) in [5.74, 6) is 0.929. The van der Waals surface area contributed by atoms with Crippen LogP contribution in [0.15, 0.2) is 41.6 Å². The molecule has 0 aliphatic carbocycles. The Morgan fingerprint density at radius 2 is 1.90 bits per heavy atom. The summed E-state index contributed by atoms with van der Waals surface area (Å²) in [6.45, 7) is 0. The van der Waals surface area contributed by atoms with Crippen molar-refractivity contribution in [2.45, 2.75) is 43.8 Å². The molecule has 2 aliphatic heterocycles. The molecule has 0 aromatic carbocycles. The normalized spacial score (nSPS) is 23.7. The molecular weight excluding hydrogens is 366 g/mol. The van der Waals surface area contributed by atoms with Crippen molar-refractivity contribution in [3.63, 3.8) is 0 Å². The molecule has 2 fully saturated rings. The summed E-state index contributed by atoms with van der Waals surface area (Å²) >= 11 is 0. The van der Waals surface area contributed by atoms with Gasteiger partial charge in [-0.05, 0) is 43.9 Å². The molecule has 2 bridgehead atoms. The second-order valence-corrected chi connectivity index (χ2v) is 7.99. The number of rotatable bonds is 2. The second-order valence-electron chi connectivity index (χ2n) is 7.99. The van der Waals surface area contributed by atoms with Crippen molar-refractivity contribution in [1.82, 2.24) is 24.5 Å².